The molecule has 33 heavy (non-hydrogen) atoms. The Balaban J connectivity index is 1.34. The van der Waals surface area contributed by atoms with Crippen LogP contribution >= 0.6 is 39.1 Å². The molecule has 1 heterocycles. The van der Waals surface area contributed by atoms with Gasteiger partial charge in [0.15, 0.2) is 5.82 Å². The smallest absolute Gasteiger partial charge is 0.256 e. The van der Waals surface area contributed by atoms with Crippen molar-refractivity contribution in [1.82, 2.24) is 9.78 Å². The van der Waals surface area contributed by atoms with Gasteiger partial charge in [-0.1, -0.05) is 57.3 Å². The van der Waals surface area contributed by atoms with Gasteiger partial charge in [0.05, 0.1) is 11.6 Å². The summed E-state index contributed by atoms with van der Waals surface area (Å²) < 4.78 is 21.4. The molecule has 1 aromatic heterocycles. The van der Waals surface area contributed by atoms with E-state index in [0.29, 0.717) is 40.3 Å². The first-order chi connectivity index (χ1) is 15.9. The summed E-state index contributed by atoms with van der Waals surface area (Å²) >= 11 is 15.6. The van der Waals surface area contributed by atoms with Crippen LogP contribution in [0, 0.1) is 5.82 Å². The monoisotopic (exact) mass is 547 g/mol. The lowest BCUT2D eigenvalue weighted by molar-refractivity contribution is 0.102. The largest absolute Gasteiger partial charge is 0.487 e. The molecule has 0 saturated carbocycles. The van der Waals surface area contributed by atoms with E-state index >= 15 is 0 Å². The molecule has 5 nitrogen and oxygen atoms in total. The highest BCUT2D eigenvalue weighted by Gasteiger charge is 2.10. The van der Waals surface area contributed by atoms with Crippen LogP contribution in [0.1, 0.15) is 21.5 Å². The molecule has 168 valence electrons. The molecule has 0 aliphatic rings. The van der Waals surface area contributed by atoms with E-state index in [1.165, 1.54) is 12.1 Å². The minimum atomic E-state index is -0.396. The van der Waals surface area contributed by atoms with Gasteiger partial charge >= 0.3 is 0 Å². The van der Waals surface area contributed by atoms with E-state index in [0.717, 1.165) is 15.6 Å². The maximum atomic E-state index is 13.2. The van der Waals surface area contributed by atoms with Gasteiger partial charge in [-0.05, 0) is 53.6 Å². The average Bonchev–Trinajstić information content (AvgIpc) is 3.22. The highest BCUT2D eigenvalue weighted by atomic mass is 79.9. The Morgan fingerprint density at radius 2 is 1.82 bits per heavy atom. The SMILES string of the molecule is O=C(Nc1ccn(Cc2ccc(F)cc2Cl)n1)c1ccc(COc2ccc(Br)cc2Cl)cc1. The van der Waals surface area contributed by atoms with Crippen molar-refractivity contribution in [3.63, 3.8) is 0 Å². The second kappa shape index (κ2) is 10.4. The van der Waals surface area contributed by atoms with E-state index in [1.807, 2.05) is 18.2 Å². The molecule has 4 rings (SSSR count). The van der Waals surface area contributed by atoms with Crippen molar-refractivity contribution in [3.8, 4) is 5.75 Å². The minimum absolute atomic E-state index is 0.288. The Labute approximate surface area is 208 Å². The lowest BCUT2D eigenvalue weighted by atomic mass is 10.1. The molecule has 0 atom stereocenters. The van der Waals surface area contributed by atoms with Crippen molar-refractivity contribution in [1.29, 1.82) is 0 Å². The van der Waals surface area contributed by atoms with Gasteiger partial charge in [0, 0.05) is 27.3 Å². The summed E-state index contributed by atoms with van der Waals surface area (Å²) in [5, 5.41) is 7.92. The van der Waals surface area contributed by atoms with Crippen molar-refractivity contribution < 1.29 is 13.9 Å². The predicted octanol–water partition coefficient (Wildman–Crippen LogP) is 6.97. The molecule has 1 amide bonds. The first-order valence-electron chi connectivity index (χ1n) is 9.83. The summed E-state index contributed by atoms with van der Waals surface area (Å²) in [7, 11) is 0. The molecule has 1 N–H and O–H groups in total. The minimum Gasteiger partial charge on any atom is -0.487 e. The number of ether oxygens (including phenoxy) is 1. The van der Waals surface area contributed by atoms with Crippen molar-refractivity contribution in [3.05, 3.63) is 110 Å². The van der Waals surface area contributed by atoms with Gasteiger partial charge < -0.3 is 10.1 Å². The van der Waals surface area contributed by atoms with Crippen molar-refractivity contribution in [2.75, 3.05) is 5.32 Å². The van der Waals surface area contributed by atoms with E-state index < -0.39 is 5.82 Å². The number of hydrogen-bond acceptors (Lipinski definition) is 3. The zero-order valence-electron chi connectivity index (χ0n) is 17.1. The molecule has 9 heteroatoms. The highest BCUT2D eigenvalue weighted by molar-refractivity contribution is 9.10. The standard InChI is InChI=1S/C24H17BrCl2FN3O2/c25-18-6-8-22(21(27)11-18)33-14-15-1-3-16(4-2-15)24(32)29-23-9-10-31(30-23)13-17-5-7-19(28)12-20(17)26/h1-12H,13-14H2,(H,29,30,32). The molecule has 0 bridgehead atoms. The summed E-state index contributed by atoms with van der Waals surface area (Å²) in [6, 6.07) is 18.3. The fourth-order valence-electron chi connectivity index (χ4n) is 3.04. The third-order valence-electron chi connectivity index (χ3n) is 4.73. The number of anilines is 1. The Kier molecular flexibility index (Phi) is 7.33. The van der Waals surface area contributed by atoms with Crippen LogP contribution < -0.4 is 10.1 Å². The summed E-state index contributed by atoms with van der Waals surface area (Å²) in [6.45, 7) is 0.672. The van der Waals surface area contributed by atoms with Crippen LogP contribution in [0.3, 0.4) is 0 Å². The van der Waals surface area contributed by atoms with Gasteiger partial charge in [-0.15, -0.1) is 0 Å². The van der Waals surface area contributed by atoms with Gasteiger partial charge in [0.25, 0.3) is 5.91 Å². The normalized spacial score (nSPS) is 10.8. The van der Waals surface area contributed by atoms with Crippen LogP contribution in [0.2, 0.25) is 10.0 Å². The lowest BCUT2D eigenvalue weighted by Gasteiger charge is -2.09. The Hall–Kier alpha value is -2.87. The Morgan fingerprint density at radius 3 is 2.55 bits per heavy atom. The van der Waals surface area contributed by atoms with E-state index in [4.69, 9.17) is 27.9 Å². The number of nitrogens with zero attached hydrogens (tertiary/aromatic N) is 2. The van der Waals surface area contributed by atoms with Crippen LogP contribution in [0.25, 0.3) is 0 Å². The van der Waals surface area contributed by atoms with E-state index in [-0.39, 0.29) is 5.91 Å². The van der Waals surface area contributed by atoms with Gasteiger partial charge in [0.1, 0.15) is 18.2 Å². The number of hydrogen-bond donors (Lipinski definition) is 1. The van der Waals surface area contributed by atoms with Gasteiger partial charge in [0.2, 0.25) is 0 Å². The van der Waals surface area contributed by atoms with Gasteiger partial charge in [-0.3, -0.25) is 9.48 Å². The zero-order chi connectivity index (χ0) is 23.4. The number of aromatic nitrogens is 2. The summed E-state index contributed by atoms with van der Waals surface area (Å²) in [6.07, 6.45) is 1.71. The van der Waals surface area contributed by atoms with E-state index in [9.17, 15) is 9.18 Å². The molecule has 0 aliphatic heterocycles. The molecule has 0 unspecified atom stereocenters. The third kappa shape index (κ3) is 6.13. The molecule has 0 aliphatic carbocycles. The van der Waals surface area contributed by atoms with Crippen LogP contribution in [-0.4, -0.2) is 15.7 Å². The molecule has 0 saturated heterocycles. The first kappa shape index (κ1) is 23.3. The van der Waals surface area contributed by atoms with Gasteiger partial charge in [-0.2, -0.15) is 5.10 Å². The number of amides is 1. The quantitative estimate of drug-likeness (QED) is 0.271. The van der Waals surface area contributed by atoms with Crippen molar-refractivity contribution in [2.45, 2.75) is 13.2 Å². The van der Waals surface area contributed by atoms with E-state index in [2.05, 4.69) is 26.3 Å². The predicted molar refractivity (Wildman–Crippen MR) is 131 cm³/mol. The maximum Gasteiger partial charge on any atom is 0.256 e. The van der Waals surface area contributed by atoms with Crippen molar-refractivity contribution in [2.24, 2.45) is 0 Å². The molecular formula is C24H17BrCl2FN3O2. The van der Waals surface area contributed by atoms with Crippen LogP contribution in [0.5, 0.6) is 5.75 Å². The molecule has 3 aromatic carbocycles. The van der Waals surface area contributed by atoms with E-state index in [1.54, 1.807) is 47.3 Å². The number of halogens is 4. The molecule has 0 spiro atoms. The first-order valence-corrected chi connectivity index (χ1v) is 11.4. The Morgan fingerprint density at radius 1 is 1.03 bits per heavy atom. The molecule has 0 fully saturated rings. The van der Waals surface area contributed by atoms with Crippen LogP contribution in [0.4, 0.5) is 10.2 Å². The summed E-state index contributed by atoms with van der Waals surface area (Å²) in [4.78, 5) is 12.6. The number of benzene rings is 3. The highest BCUT2D eigenvalue weighted by Crippen LogP contribution is 2.28. The summed E-state index contributed by atoms with van der Waals surface area (Å²) in [5.74, 6) is 0.296. The van der Waals surface area contributed by atoms with Crippen molar-refractivity contribution >= 4 is 50.9 Å². The third-order valence-corrected chi connectivity index (χ3v) is 5.87. The molecular weight excluding hydrogens is 532 g/mol. The fourth-order valence-corrected chi connectivity index (χ4v) is 3.99. The number of carbonyl (C=O) groups is 1. The molecule has 0 radical (unpaired) electrons. The molecule has 4 aromatic rings. The second-order valence-electron chi connectivity index (χ2n) is 7.15. The summed E-state index contributed by atoms with van der Waals surface area (Å²) in [5.41, 5.74) is 2.10. The number of rotatable bonds is 7. The number of nitrogens with one attached hydrogen (secondary N) is 1. The topological polar surface area (TPSA) is 56.2 Å². The lowest BCUT2D eigenvalue weighted by Crippen LogP contribution is -2.13. The van der Waals surface area contributed by atoms with Crippen LogP contribution in [0.15, 0.2) is 77.4 Å². The number of carbonyl (C=O) groups excluding carboxylic acids is 1. The van der Waals surface area contributed by atoms with Gasteiger partial charge in [-0.25, -0.2) is 4.39 Å². The maximum absolute atomic E-state index is 13.2. The zero-order valence-corrected chi connectivity index (χ0v) is 20.2. The average molecular weight is 549 g/mol. The Bertz CT molecular complexity index is 1300. The fraction of sp³-hybridized carbons (Fsp3) is 0.0833. The van der Waals surface area contributed by atoms with Crippen LogP contribution in [-0.2, 0) is 13.2 Å². The second-order valence-corrected chi connectivity index (χ2v) is 8.88.